The van der Waals surface area contributed by atoms with Crippen LogP contribution in [0.2, 0.25) is 0 Å². The van der Waals surface area contributed by atoms with E-state index in [-0.39, 0.29) is 10.0 Å². The lowest BCUT2D eigenvalue weighted by atomic mass is 9.69. The minimum atomic E-state index is -4.60. The Bertz CT molecular complexity index is 540. The minimum Gasteiger partial charge on any atom is -0.508 e. The summed E-state index contributed by atoms with van der Waals surface area (Å²) in [6.07, 6.45) is -1.77. The van der Waals surface area contributed by atoms with Gasteiger partial charge in [0, 0.05) is 10.0 Å². The molecule has 0 radical (unpaired) electrons. The van der Waals surface area contributed by atoms with E-state index in [9.17, 15) is 28.2 Å². The molecule has 0 spiro atoms. The van der Waals surface area contributed by atoms with Crippen molar-refractivity contribution in [1.29, 1.82) is 0 Å². The summed E-state index contributed by atoms with van der Waals surface area (Å²) >= 11 is 3.01. The molecule has 0 unspecified atom stereocenters. The van der Waals surface area contributed by atoms with Gasteiger partial charge in [-0.3, -0.25) is 4.79 Å². The Hall–Kier alpha value is -1.24. The molecule has 1 aromatic carbocycles. The Morgan fingerprint density at radius 3 is 2.19 bits per heavy atom. The number of carbonyl (C=O) groups is 1. The molecule has 21 heavy (non-hydrogen) atoms. The topological polar surface area (TPSA) is 57.5 Å². The molecule has 0 atom stereocenters. The van der Waals surface area contributed by atoms with Crippen molar-refractivity contribution in [3.8, 4) is 5.75 Å². The maximum atomic E-state index is 12.7. The SMILES string of the molecule is O=C(O)C1(c2c(O)cc(C(F)(F)F)cc2Br)CCCCC1. The molecule has 1 fully saturated rings. The summed E-state index contributed by atoms with van der Waals surface area (Å²) in [6.45, 7) is 0. The van der Waals surface area contributed by atoms with E-state index in [4.69, 9.17) is 0 Å². The Morgan fingerprint density at radius 2 is 1.76 bits per heavy atom. The molecule has 0 bridgehead atoms. The highest BCUT2D eigenvalue weighted by molar-refractivity contribution is 9.10. The first-order chi connectivity index (χ1) is 9.68. The zero-order chi connectivity index (χ0) is 15.8. The van der Waals surface area contributed by atoms with Gasteiger partial charge in [-0.05, 0) is 25.0 Å². The van der Waals surface area contributed by atoms with Crippen LogP contribution < -0.4 is 0 Å². The first-order valence-corrected chi connectivity index (χ1v) is 7.31. The van der Waals surface area contributed by atoms with Crippen LogP contribution in [0.4, 0.5) is 13.2 Å². The van der Waals surface area contributed by atoms with E-state index in [1.54, 1.807) is 0 Å². The number of aliphatic carboxylic acids is 1. The molecule has 2 N–H and O–H groups in total. The summed E-state index contributed by atoms with van der Waals surface area (Å²) in [7, 11) is 0. The van der Waals surface area contributed by atoms with Crippen LogP contribution >= 0.6 is 15.9 Å². The van der Waals surface area contributed by atoms with Crippen LogP contribution in [0.5, 0.6) is 5.75 Å². The second kappa shape index (κ2) is 5.51. The number of carboxylic acids is 1. The predicted molar refractivity (Wildman–Crippen MR) is 73.2 cm³/mol. The van der Waals surface area contributed by atoms with Gasteiger partial charge in [0.05, 0.1) is 11.0 Å². The second-order valence-corrected chi connectivity index (χ2v) is 6.15. The zero-order valence-corrected chi connectivity index (χ0v) is 12.6. The van der Waals surface area contributed by atoms with Gasteiger partial charge in [0.2, 0.25) is 0 Å². The first kappa shape index (κ1) is 16.1. The molecule has 116 valence electrons. The van der Waals surface area contributed by atoms with E-state index in [1.807, 2.05) is 0 Å². The Labute approximate surface area is 127 Å². The highest BCUT2D eigenvalue weighted by Gasteiger charge is 2.45. The number of rotatable bonds is 2. The van der Waals surface area contributed by atoms with Gasteiger partial charge >= 0.3 is 12.1 Å². The van der Waals surface area contributed by atoms with E-state index in [0.29, 0.717) is 31.7 Å². The largest absolute Gasteiger partial charge is 0.508 e. The van der Waals surface area contributed by atoms with Crippen LogP contribution in [0.3, 0.4) is 0 Å². The first-order valence-electron chi connectivity index (χ1n) is 6.52. The van der Waals surface area contributed by atoms with Gasteiger partial charge in [-0.1, -0.05) is 35.2 Å². The third kappa shape index (κ3) is 2.88. The molecule has 1 aliphatic carbocycles. The molecule has 1 aromatic rings. The Kier molecular flexibility index (Phi) is 4.24. The molecular weight excluding hydrogens is 353 g/mol. The fourth-order valence-electron chi connectivity index (χ4n) is 2.96. The number of alkyl halides is 3. The van der Waals surface area contributed by atoms with Crippen molar-refractivity contribution in [2.75, 3.05) is 0 Å². The highest BCUT2D eigenvalue weighted by Crippen LogP contribution is 2.48. The molecule has 1 aliphatic rings. The van der Waals surface area contributed by atoms with Crippen molar-refractivity contribution < 1.29 is 28.2 Å². The molecule has 0 aliphatic heterocycles. The van der Waals surface area contributed by atoms with Crippen LogP contribution in [0.15, 0.2) is 16.6 Å². The summed E-state index contributed by atoms with van der Waals surface area (Å²) in [5.41, 5.74) is -2.29. The summed E-state index contributed by atoms with van der Waals surface area (Å²) in [5.74, 6) is -1.74. The molecule has 0 aromatic heterocycles. The molecule has 7 heteroatoms. The average Bonchev–Trinajstić information content (AvgIpc) is 2.37. The van der Waals surface area contributed by atoms with Crippen LogP contribution in [-0.2, 0) is 16.4 Å². The maximum absolute atomic E-state index is 12.7. The van der Waals surface area contributed by atoms with Crippen LogP contribution in [0, 0.1) is 0 Å². The van der Waals surface area contributed by atoms with Crippen LogP contribution in [0.1, 0.15) is 43.2 Å². The highest BCUT2D eigenvalue weighted by atomic mass is 79.9. The number of benzene rings is 1. The number of phenols is 1. The molecule has 3 nitrogen and oxygen atoms in total. The van der Waals surface area contributed by atoms with E-state index < -0.39 is 28.9 Å². The number of carboxylic acid groups (broad SMARTS) is 1. The Morgan fingerprint density at radius 1 is 1.19 bits per heavy atom. The maximum Gasteiger partial charge on any atom is 0.416 e. The fourth-order valence-corrected chi connectivity index (χ4v) is 3.78. The van der Waals surface area contributed by atoms with Gasteiger partial charge in [-0.15, -0.1) is 0 Å². The van der Waals surface area contributed by atoms with E-state index in [2.05, 4.69) is 15.9 Å². The predicted octanol–water partition coefficient (Wildman–Crippen LogP) is 4.46. The third-order valence-electron chi connectivity index (χ3n) is 3.99. The van der Waals surface area contributed by atoms with Crippen LogP contribution in [-0.4, -0.2) is 16.2 Å². The summed E-state index contributed by atoms with van der Waals surface area (Å²) in [5, 5.41) is 19.6. The normalized spacial score (nSPS) is 18.5. The van der Waals surface area contributed by atoms with Gasteiger partial charge in [0.25, 0.3) is 0 Å². The number of halogens is 4. The second-order valence-electron chi connectivity index (χ2n) is 5.30. The molecule has 2 rings (SSSR count). The summed E-state index contributed by atoms with van der Waals surface area (Å²) in [6, 6.07) is 1.42. The number of hydrogen-bond donors (Lipinski definition) is 2. The van der Waals surface area contributed by atoms with Crippen LogP contribution in [0.25, 0.3) is 0 Å². The lowest BCUT2D eigenvalue weighted by molar-refractivity contribution is -0.145. The number of phenolic OH excluding ortho intramolecular Hbond substituents is 1. The summed E-state index contributed by atoms with van der Waals surface area (Å²) < 4.78 is 38.2. The average molecular weight is 367 g/mol. The fraction of sp³-hybridized carbons (Fsp3) is 0.500. The van der Waals surface area contributed by atoms with E-state index in [0.717, 1.165) is 12.5 Å². The van der Waals surface area contributed by atoms with Crippen molar-refractivity contribution in [1.82, 2.24) is 0 Å². The third-order valence-corrected chi connectivity index (χ3v) is 4.62. The standard InChI is InChI=1S/C14H14BrF3O3/c15-9-6-8(14(16,17)18)7-10(19)11(9)13(12(20)21)4-2-1-3-5-13/h6-7,19H,1-5H2,(H,20,21). The van der Waals surface area contributed by atoms with Gasteiger partial charge in [0.15, 0.2) is 0 Å². The molecule has 0 amide bonds. The van der Waals surface area contributed by atoms with Gasteiger partial charge in [-0.25, -0.2) is 0 Å². The Balaban J connectivity index is 2.60. The molecule has 1 saturated carbocycles. The molecular formula is C14H14BrF3O3. The van der Waals surface area contributed by atoms with Gasteiger partial charge in [0.1, 0.15) is 5.75 Å². The van der Waals surface area contributed by atoms with Gasteiger partial charge in [-0.2, -0.15) is 13.2 Å². The quantitative estimate of drug-likeness (QED) is 0.812. The van der Waals surface area contributed by atoms with E-state index in [1.165, 1.54) is 0 Å². The smallest absolute Gasteiger partial charge is 0.416 e. The van der Waals surface area contributed by atoms with E-state index >= 15 is 0 Å². The van der Waals surface area contributed by atoms with Crippen molar-refractivity contribution in [3.63, 3.8) is 0 Å². The van der Waals surface area contributed by atoms with Crippen molar-refractivity contribution in [3.05, 3.63) is 27.7 Å². The van der Waals surface area contributed by atoms with Crippen molar-refractivity contribution in [2.24, 2.45) is 0 Å². The van der Waals surface area contributed by atoms with Crippen molar-refractivity contribution in [2.45, 2.75) is 43.7 Å². The minimum absolute atomic E-state index is 0.0147. The number of hydrogen-bond acceptors (Lipinski definition) is 2. The molecule has 0 saturated heterocycles. The van der Waals surface area contributed by atoms with Crippen molar-refractivity contribution >= 4 is 21.9 Å². The molecule has 0 heterocycles. The zero-order valence-electron chi connectivity index (χ0n) is 11.0. The monoisotopic (exact) mass is 366 g/mol. The van der Waals surface area contributed by atoms with Gasteiger partial charge < -0.3 is 10.2 Å². The lowest BCUT2D eigenvalue weighted by Gasteiger charge is -2.35. The number of aromatic hydroxyl groups is 1. The summed E-state index contributed by atoms with van der Waals surface area (Å²) in [4.78, 5) is 11.7. The lowest BCUT2D eigenvalue weighted by Crippen LogP contribution is -2.38.